The number of nitrogens with zero attached hydrogens (tertiary/aromatic N) is 2. The predicted octanol–water partition coefficient (Wildman–Crippen LogP) is 4.46. The highest BCUT2D eigenvalue weighted by molar-refractivity contribution is 7.71. The van der Waals surface area contributed by atoms with Crippen molar-refractivity contribution >= 4 is 35.0 Å². The summed E-state index contributed by atoms with van der Waals surface area (Å²) in [6.45, 7) is 2.52. The standard InChI is InChI=1S/C18H17N3O2S/c1-2-21(18(22)23-12-13-8-4-3-5-9-13)16-14-10-6-7-11-15(14)19-17(24)20-16/h3-11H,2,12H2,1H3,(H,19,20,24). The molecular weight excluding hydrogens is 322 g/mol. The summed E-state index contributed by atoms with van der Waals surface area (Å²) in [5, 5.41) is 0.824. The lowest BCUT2D eigenvalue weighted by Gasteiger charge is -2.20. The van der Waals surface area contributed by atoms with Gasteiger partial charge in [0, 0.05) is 11.9 Å². The fourth-order valence-electron chi connectivity index (χ4n) is 2.45. The molecule has 0 saturated heterocycles. The van der Waals surface area contributed by atoms with E-state index in [1.807, 2.05) is 61.5 Å². The maximum absolute atomic E-state index is 12.5. The molecule has 0 aliphatic rings. The van der Waals surface area contributed by atoms with Gasteiger partial charge in [0.25, 0.3) is 0 Å². The van der Waals surface area contributed by atoms with E-state index in [1.165, 1.54) is 4.90 Å². The van der Waals surface area contributed by atoms with E-state index in [0.29, 0.717) is 17.1 Å². The van der Waals surface area contributed by atoms with Crippen molar-refractivity contribution in [1.29, 1.82) is 0 Å². The molecule has 122 valence electrons. The number of ether oxygens (including phenoxy) is 1. The van der Waals surface area contributed by atoms with Crippen molar-refractivity contribution in [2.24, 2.45) is 0 Å². The van der Waals surface area contributed by atoms with Crippen LogP contribution in [0, 0.1) is 4.77 Å². The van der Waals surface area contributed by atoms with E-state index in [4.69, 9.17) is 17.0 Å². The number of aromatic amines is 1. The predicted molar refractivity (Wildman–Crippen MR) is 96.6 cm³/mol. The van der Waals surface area contributed by atoms with Gasteiger partial charge >= 0.3 is 6.09 Å². The zero-order chi connectivity index (χ0) is 16.9. The molecule has 24 heavy (non-hydrogen) atoms. The number of benzene rings is 2. The lowest BCUT2D eigenvalue weighted by atomic mass is 10.2. The number of anilines is 1. The number of nitrogens with one attached hydrogen (secondary N) is 1. The Kier molecular flexibility index (Phi) is 4.86. The Balaban J connectivity index is 1.88. The van der Waals surface area contributed by atoms with E-state index < -0.39 is 6.09 Å². The van der Waals surface area contributed by atoms with Crippen LogP contribution >= 0.6 is 12.2 Å². The van der Waals surface area contributed by atoms with E-state index in [-0.39, 0.29) is 6.61 Å². The molecule has 0 fully saturated rings. The van der Waals surface area contributed by atoms with E-state index in [9.17, 15) is 4.79 Å². The van der Waals surface area contributed by atoms with Crippen LogP contribution in [0.2, 0.25) is 0 Å². The molecule has 0 spiro atoms. The summed E-state index contributed by atoms with van der Waals surface area (Å²) >= 11 is 5.18. The minimum absolute atomic E-state index is 0.216. The average molecular weight is 339 g/mol. The molecule has 1 aromatic heterocycles. The van der Waals surface area contributed by atoms with Gasteiger partial charge in [0.05, 0.1) is 5.52 Å². The first-order valence-corrected chi connectivity index (χ1v) is 8.07. The fraction of sp³-hybridized carbons (Fsp3) is 0.167. The highest BCUT2D eigenvalue weighted by Crippen LogP contribution is 2.23. The van der Waals surface area contributed by atoms with Gasteiger partial charge in [-0.05, 0) is 36.8 Å². The fourth-order valence-corrected chi connectivity index (χ4v) is 2.65. The van der Waals surface area contributed by atoms with Crippen LogP contribution in [0.15, 0.2) is 54.6 Å². The number of fused-ring (bicyclic) bond motifs is 1. The van der Waals surface area contributed by atoms with Gasteiger partial charge in [-0.2, -0.15) is 0 Å². The molecule has 0 bridgehead atoms. The van der Waals surface area contributed by atoms with Gasteiger partial charge in [0.15, 0.2) is 10.6 Å². The zero-order valence-corrected chi connectivity index (χ0v) is 14.0. The number of amides is 1. The molecule has 5 nitrogen and oxygen atoms in total. The molecule has 0 radical (unpaired) electrons. The number of rotatable bonds is 4. The third-order valence-corrected chi connectivity index (χ3v) is 3.81. The summed E-state index contributed by atoms with van der Waals surface area (Å²) in [5.41, 5.74) is 1.77. The minimum Gasteiger partial charge on any atom is -0.444 e. The first-order chi connectivity index (χ1) is 11.7. The van der Waals surface area contributed by atoms with Gasteiger partial charge in [-0.15, -0.1) is 0 Å². The van der Waals surface area contributed by atoms with E-state index in [0.717, 1.165) is 16.5 Å². The van der Waals surface area contributed by atoms with Gasteiger partial charge in [0.2, 0.25) is 0 Å². The third kappa shape index (κ3) is 3.44. The van der Waals surface area contributed by atoms with E-state index in [1.54, 1.807) is 0 Å². The Hall–Kier alpha value is -2.73. The van der Waals surface area contributed by atoms with Crippen molar-refractivity contribution in [3.63, 3.8) is 0 Å². The van der Waals surface area contributed by atoms with E-state index >= 15 is 0 Å². The molecule has 1 amide bonds. The monoisotopic (exact) mass is 339 g/mol. The van der Waals surface area contributed by atoms with Crippen LogP contribution in [-0.4, -0.2) is 22.6 Å². The van der Waals surface area contributed by atoms with Crippen molar-refractivity contribution < 1.29 is 9.53 Å². The molecule has 0 atom stereocenters. The number of hydrogen-bond donors (Lipinski definition) is 1. The number of carbonyl (C=O) groups is 1. The highest BCUT2D eigenvalue weighted by Gasteiger charge is 2.19. The van der Waals surface area contributed by atoms with Gasteiger partial charge in [-0.25, -0.2) is 9.78 Å². The van der Waals surface area contributed by atoms with Crippen molar-refractivity contribution in [3.8, 4) is 0 Å². The summed E-state index contributed by atoms with van der Waals surface area (Å²) in [4.78, 5) is 21.4. The van der Waals surface area contributed by atoms with Crippen LogP contribution in [0.4, 0.5) is 10.6 Å². The number of H-pyrrole nitrogens is 1. The average Bonchev–Trinajstić information content (AvgIpc) is 2.61. The van der Waals surface area contributed by atoms with Crippen molar-refractivity contribution in [2.45, 2.75) is 13.5 Å². The SMILES string of the molecule is CCN(C(=O)OCc1ccccc1)c1nc(=S)[nH]c2ccccc12. The molecule has 0 saturated carbocycles. The second-order valence-corrected chi connectivity index (χ2v) is 5.58. The summed E-state index contributed by atoms with van der Waals surface area (Å²) in [6.07, 6.45) is -0.445. The number of para-hydroxylation sites is 1. The maximum Gasteiger partial charge on any atom is 0.415 e. The van der Waals surface area contributed by atoms with Gasteiger partial charge in [-0.1, -0.05) is 42.5 Å². The maximum atomic E-state index is 12.5. The Bertz CT molecular complexity index is 909. The second kappa shape index (κ2) is 7.23. The van der Waals surface area contributed by atoms with Crippen molar-refractivity contribution in [2.75, 3.05) is 11.4 Å². The van der Waals surface area contributed by atoms with Crippen LogP contribution in [0.5, 0.6) is 0 Å². The summed E-state index contributed by atoms with van der Waals surface area (Å²) in [6, 6.07) is 17.2. The zero-order valence-electron chi connectivity index (χ0n) is 13.2. The van der Waals surface area contributed by atoms with Crippen LogP contribution in [-0.2, 0) is 11.3 Å². The lowest BCUT2D eigenvalue weighted by molar-refractivity contribution is 0.147. The Morgan fingerprint density at radius 3 is 2.62 bits per heavy atom. The van der Waals surface area contributed by atoms with E-state index in [2.05, 4.69) is 9.97 Å². The molecule has 1 heterocycles. The topological polar surface area (TPSA) is 58.2 Å². The van der Waals surface area contributed by atoms with Gasteiger partial charge in [0.1, 0.15) is 6.61 Å². The molecule has 0 aliphatic heterocycles. The number of carbonyl (C=O) groups excluding carboxylic acids is 1. The van der Waals surface area contributed by atoms with Crippen LogP contribution in [0.3, 0.4) is 0 Å². The Morgan fingerprint density at radius 2 is 1.88 bits per heavy atom. The highest BCUT2D eigenvalue weighted by atomic mass is 32.1. The second-order valence-electron chi connectivity index (χ2n) is 5.20. The molecule has 3 rings (SSSR count). The van der Waals surface area contributed by atoms with Gasteiger partial charge in [-0.3, -0.25) is 4.90 Å². The molecule has 3 aromatic rings. The smallest absolute Gasteiger partial charge is 0.415 e. The van der Waals surface area contributed by atoms with Crippen LogP contribution in [0.25, 0.3) is 10.9 Å². The third-order valence-electron chi connectivity index (χ3n) is 3.61. The van der Waals surface area contributed by atoms with Crippen LogP contribution in [0.1, 0.15) is 12.5 Å². The first-order valence-electron chi connectivity index (χ1n) is 7.66. The van der Waals surface area contributed by atoms with Crippen molar-refractivity contribution in [3.05, 3.63) is 64.9 Å². The largest absolute Gasteiger partial charge is 0.444 e. The van der Waals surface area contributed by atoms with Crippen molar-refractivity contribution in [1.82, 2.24) is 9.97 Å². The number of hydrogen-bond acceptors (Lipinski definition) is 4. The lowest BCUT2D eigenvalue weighted by Crippen LogP contribution is -2.32. The molecule has 2 aromatic carbocycles. The minimum atomic E-state index is -0.445. The molecule has 0 unspecified atom stereocenters. The quantitative estimate of drug-likeness (QED) is 0.713. The molecule has 0 aliphatic carbocycles. The normalized spacial score (nSPS) is 10.5. The van der Waals surface area contributed by atoms with Gasteiger partial charge < -0.3 is 9.72 Å². The number of aromatic nitrogens is 2. The van der Waals surface area contributed by atoms with Crippen LogP contribution < -0.4 is 4.90 Å². The Labute approximate surface area is 144 Å². The molecule has 6 heteroatoms. The summed E-state index contributed by atoms with van der Waals surface area (Å²) in [5.74, 6) is 0.509. The Morgan fingerprint density at radius 1 is 1.17 bits per heavy atom. The summed E-state index contributed by atoms with van der Waals surface area (Å²) < 4.78 is 5.76. The molecular formula is C18H17N3O2S. The molecule has 1 N–H and O–H groups in total. The summed E-state index contributed by atoms with van der Waals surface area (Å²) in [7, 11) is 0. The first kappa shape index (κ1) is 16.1.